The van der Waals surface area contributed by atoms with E-state index in [2.05, 4.69) is 10.6 Å². The fourth-order valence-electron chi connectivity index (χ4n) is 2.33. The Labute approximate surface area is 162 Å². The summed E-state index contributed by atoms with van der Waals surface area (Å²) in [7, 11) is 0. The van der Waals surface area contributed by atoms with Crippen molar-refractivity contribution in [3.8, 4) is 5.75 Å². The van der Waals surface area contributed by atoms with Gasteiger partial charge in [-0.3, -0.25) is 14.4 Å². The minimum Gasteiger partial charge on any atom is -0.483 e. The van der Waals surface area contributed by atoms with Crippen LogP contribution in [0.4, 0.5) is 11.4 Å². The van der Waals surface area contributed by atoms with Crippen LogP contribution in [-0.4, -0.2) is 24.2 Å². The van der Waals surface area contributed by atoms with Crippen LogP contribution >= 0.6 is 11.6 Å². The van der Waals surface area contributed by atoms with Crippen molar-refractivity contribution in [3.63, 3.8) is 0 Å². The number of anilines is 2. The minimum absolute atomic E-state index is 0.122. The van der Waals surface area contributed by atoms with Crippen LogP contribution < -0.4 is 15.4 Å². The molecule has 0 aromatic heterocycles. The smallest absolute Gasteiger partial charge is 0.262 e. The number of hydrogen-bond acceptors (Lipinski definition) is 4. The third-order valence-corrected chi connectivity index (χ3v) is 3.86. The fraction of sp³-hybridized carbons (Fsp3) is 0.250. The topological polar surface area (TPSA) is 84.5 Å². The van der Waals surface area contributed by atoms with Crippen molar-refractivity contribution < 1.29 is 19.1 Å². The van der Waals surface area contributed by atoms with Crippen LogP contribution in [0, 0.1) is 0 Å². The molecule has 0 radical (unpaired) electrons. The molecular formula is C20H21ClN2O4. The molecule has 2 rings (SSSR count). The van der Waals surface area contributed by atoms with Crippen LogP contribution in [0.25, 0.3) is 0 Å². The largest absolute Gasteiger partial charge is 0.483 e. The standard InChI is InChI=1S/C20H21ClN2O4/c1-3-4-19(25)23-16-9-10-18(17(11-16)13(2)24)27-12-20(26)22-15-7-5-14(21)6-8-15/h5-11H,3-4,12H2,1-2H3,(H,22,26)(H,23,25). The van der Waals surface area contributed by atoms with Crippen molar-refractivity contribution in [1.29, 1.82) is 0 Å². The van der Waals surface area contributed by atoms with Crippen molar-refractivity contribution >= 4 is 40.6 Å². The van der Waals surface area contributed by atoms with Gasteiger partial charge in [-0.05, 0) is 55.8 Å². The summed E-state index contributed by atoms with van der Waals surface area (Å²) in [5.74, 6) is -0.438. The van der Waals surface area contributed by atoms with E-state index in [4.69, 9.17) is 16.3 Å². The average molecular weight is 389 g/mol. The molecule has 0 heterocycles. The van der Waals surface area contributed by atoms with Crippen molar-refractivity contribution in [3.05, 3.63) is 53.1 Å². The molecule has 0 saturated heterocycles. The first-order valence-corrected chi connectivity index (χ1v) is 8.90. The summed E-state index contributed by atoms with van der Waals surface area (Å²) in [6.07, 6.45) is 1.13. The highest BCUT2D eigenvalue weighted by molar-refractivity contribution is 6.30. The Balaban J connectivity index is 2.02. The number of amides is 2. The van der Waals surface area contributed by atoms with E-state index in [9.17, 15) is 14.4 Å². The van der Waals surface area contributed by atoms with Crippen molar-refractivity contribution in [2.24, 2.45) is 0 Å². The van der Waals surface area contributed by atoms with Crippen molar-refractivity contribution in [2.75, 3.05) is 17.2 Å². The summed E-state index contributed by atoms with van der Waals surface area (Å²) in [6.45, 7) is 3.05. The van der Waals surface area contributed by atoms with E-state index in [0.717, 1.165) is 6.42 Å². The molecule has 0 aliphatic heterocycles. The molecule has 6 nitrogen and oxygen atoms in total. The van der Waals surface area contributed by atoms with Crippen molar-refractivity contribution in [2.45, 2.75) is 26.7 Å². The van der Waals surface area contributed by atoms with Crippen LogP contribution in [0.2, 0.25) is 5.02 Å². The highest BCUT2D eigenvalue weighted by Gasteiger charge is 2.13. The lowest BCUT2D eigenvalue weighted by Gasteiger charge is -2.12. The molecule has 0 atom stereocenters. The number of hydrogen-bond donors (Lipinski definition) is 2. The van der Waals surface area contributed by atoms with Gasteiger partial charge in [0, 0.05) is 22.8 Å². The highest BCUT2D eigenvalue weighted by Crippen LogP contribution is 2.24. The summed E-state index contributed by atoms with van der Waals surface area (Å²) >= 11 is 5.80. The summed E-state index contributed by atoms with van der Waals surface area (Å²) < 4.78 is 5.49. The van der Waals surface area contributed by atoms with Gasteiger partial charge in [-0.1, -0.05) is 18.5 Å². The molecule has 0 aliphatic carbocycles. The van der Waals surface area contributed by atoms with Gasteiger partial charge in [0.05, 0.1) is 5.56 Å². The van der Waals surface area contributed by atoms with Gasteiger partial charge in [0.15, 0.2) is 12.4 Å². The lowest BCUT2D eigenvalue weighted by atomic mass is 10.1. The number of ketones is 1. The van der Waals surface area contributed by atoms with Crippen LogP contribution in [0.5, 0.6) is 5.75 Å². The van der Waals surface area contributed by atoms with E-state index < -0.39 is 0 Å². The van der Waals surface area contributed by atoms with Gasteiger partial charge in [0.2, 0.25) is 5.91 Å². The molecule has 0 saturated carbocycles. The van der Waals surface area contributed by atoms with Gasteiger partial charge >= 0.3 is 0 Å². The van der Waals surface area contributed by atoms with Crippen molar-refractivity contribution in [1.82, 2.24) is 0 Å². The molecule has 0 bridgehead atoms. The molecule has 2 aromatic rings. The summed E-state index contributed by atoms with van der Waals surface area (Å²) in [5, 5.41) is 5.98. The second-order valence-corrected chi connectivity index (χ2v) is 6.35. The zero-order valence-corrected chi connectivity index (χ0v) is 15.9. The van der Waals surface area contributed by atoms with Gasteiger partial charge in [-0.15, -0.1) is 0 Å². The van der Waals surface area contributed by atoms with Gasteiger partial charge in [0.1, 0.15) is 5.75 Å². The zero-order valence-electron chi connectivity index (χ0n) is 15.2. The number of Topliss-reactive ketones (excluding diaryl/α,β-unsaturated/α-hetero) is 1. The highest BCUT2D eigenvalue weighted by atomic mass is 35.5. The van der Waals surface area contributed by atoms with Crippen LogP contribution in [0.3, 0.4) is 0 Å². The number of carbonyl (C=O) groups excluding carboxylic acids is 3. The molecule has 0 fully saturated rings. The first-order chi connectivity index (χ1) is 12.9. The number of nitrogens with one attached hydrogen (secondary N) is 2. The molecular weight excluding hydrogens is 368 g/mol. The molecule has 0 spiro atoms. The SMILES string of the molecule is CCCC(=O)Nc1ccc(OCC(=O)Nc2ccc(Cl)cc2)c(C(C)=O)c1. The fourth-order valence-corrected chi connectivity index (χ4v) is 2.46. The lowest BCUT2D eigenvalue weighted by Crippen LogP contribution is -2.20. The van der Waals surface area contributed by atoms with E-state index in [-0.39, 0.29) is 30.0 Å². The molecule has 27 heavy (non-hydrogen) atoms. The second kappa shape index (κ2) is 9.73. The van der Waals surface area contributed by atoms with E-state index >= 15 is 0 Å². The third kappa shape index (κ3) is 6.42. The maximum absolute atomic E-state index is 12.0. The predicted octanol–water partition coefficient (Wildman–Crippen LogP) is 4.30. The van der Waals surface area contributed by atoms with Crippen LogP contribution in [0.15, 0.2) is 42.5 Å². The van der Waals surface area contributed by atoms with E-state index in [1.807, 2.05) is 6.92 Å². The van der Waals surface area contributed by atoms with Gasteiger partial charge in [0.25, 0.3) is 5.91 Å². The van der Waals surface area contributed by atoms with Crippen LogP contribution in [-0.2, 0) is 9.59 Å². The summed E-state index contributed by atoms with van der Waals surface area (Å²) in [6, 6.07) is 11.4. The average Bonchev–Trinajstić information content (AvgIpc) is 2.62. The molecule has 7 heteroatoms. The van der Waals surface area contributed by atoms with Gasteiger partial charge in [-0.25, -0.2) is 0 Å². The molecule has 2 amide bonds. The Kier molecular flexibility index (Phi) is 7.37. The number of carbonyl (C=O) groups is 3. The number of benzene rings is 2. The van der Waals surface area contributed by atoms with E-state index in [1.54, 1.807) is 42.5 Å². The lowest BCUT2D eigenvalue weighted by molar-refractivity contribution is -0.118. The van der Waals surface area contributed by atoms with Crippen LogP contribution in [0.1, 0.15) is 37.0 Å². The van der Waals surface area contributed by atoms with E-state index in [0.29, 0.717) is 28.4 Å². The number of ether oxygens (including phenoxy) is 1. The predicted molar refractivity (Wildman–Crippen MR) is 106 cm³/mol. The quantitative estimate of drug-likeness (QED) is 0.660. The zero-order chi connectivity index (χ0) is 19.8. The second-order valence-electron chi connectivity index (χ2n) is 5.91. The van der Waals surface area contributed by atoms with Gasteiger partial charge < -0.3 is 15.4 Å². The first kappa shape index (κ1) is 20.5. The Morgan fingerprint density at radius 1 is 0.963 bits per heavy atom. The molecule has 2 aromatic carbocycles. The molecule has 0 aliphatic rings. The Bertz CT molecular complexity index is 834. The monoisotopic (exact) mass is 388 g/mol. The maximum Gasteiger partial charge on any atom is 0.262 e. The van der Waals surface area contributed by atoms with E-state index in [1.165, 1.54) is 6.92 Å². The summed E-state index contributed by atoms with van der Waals surface area (Å²) in [4.78, 5) is 35.6. The normalized spacial score (nSPS) is 10.2. The first-order valence-electron chi connectivity index (χ1n) is 8.52. The molecule has 142 valence electrons. The third-order valence-electron chi connectivity index (χ3n) is 3.61. The summed E-state index contributed by atoms with van der Waals surface area (Å²) in [5.41, 5.74) is 1.40. The number of halogens is 1. The maximum atomic E-state index is 12.0. The Morgan fingerprint density at radius 2 is 1.59 bits per heavy atom. The Hall–Kier alpha value is -2.86. The number of rotatable bonds is 8. The molecule has 2 N–H and O–H groups in total. The van der Waals surface area contributed by atoms with Gasteiger partial charge in [-0.2, -0.15) is 0 Å². The minimum atomic E-state index is -0.368. The Morgan fingerprint density at radius 3 is 2.22 bits per heavy atom. The molecule has 0 unspecified atom stereocenters.